The standard InChI is InChI=1S/C12H12O3/c1-9-8-11(15-2)7-6-10(9)4-3-5-12(13)14/h6-8H,5H2,1-2H3,(H,13,14). The van der Waals surface area contributed by atoms with Crippen molar-refractivity contribution in [1.82, 2.24) is 0 Å². The van der Waals surface area contributed by atoms with Crippen molar-refractivity contribution >= 4 is 5.97 Å². The van der Waals surface area contributed by atoms with Gasteiger partial charge in [-0.15, -0.1) is 0 Å². The second-order valence-corrected chi connectivity index (χ2v) is 3.05. The first-order valence-corrected chi connectivity index (χ1v) is 4.49. The molecule has 0 saturated heterocycles. The monoisotopic (exact) mass is 204 g/mol. The number of aryl methyl sites for hydroxylation is 1. The number of aliphatic carboxylic acids is 1. The van der Waals surface area contributed by atoms with Crippen molar-refractivity contribution in [1.29, 1.82) is 0 Å². The van der Waals surface area contributed by atoms with E-state index >= 15 is 0 Å². The van der Waals surface area contributed by atoms with Crippen LogP contribution < -0.4 is 4.74 Å². The summed E-state index contributed by atoms with van der Waals surface area (Å²) in [6.07, 6.45) is -0.133. The summed E-state index contributed by atoms with van der Waals surface area (Å²) in [5.74, 6) is 5.26. The number of carbonyl (C=O) groups is 1. The van der Waals surface area contributed by atoms with Gasteiger partial charge in [0.25, 0.3) is 0 Å². The Morgan fingerprint density at radius 3 is 2.80 bits per heavy atom. The zero-order valence-electron chi connectivity index (χ0n) is 8.70. The predicted octanol–water partition coefficient (Wildman–Crippen LogP) is 1.83. The topological polar surface area (TPSA) is 46.5 Å². The normalized spacial score (nSPS) is 8.93. The first-order chi connectivity index (χ1) is 7.13. The highest BCUT2D eigenvalue weighted by atomic mass is 16.5. The van der Waals surface area contributed by atoms with Gasteiger partial charge in [-0.2, -0.15) is 0 Å². The highest BCUT2D eigenvalue weighted by molar-refractivity contribution is 5.70. The number of carboxylic acid groups (broad SMARTS) is 1. The lowest BCUT2D eigenvalue weighted by Gasteiger charge is -2.02. The van der Waals surface area contributed by atoms with Crippen LogP contribution in [0, 0.1) is 18.8 Å². The number of hydrogen-bond acceptors (Lipinski definition) is 2. The Kier molecular flexibility index (Phi) is 3.75. The number of ether oxygens (including phenoxy) is 1. The lowest BCUT2D eigenvalue weighted by atomic mass is 10.1. The van der Waals surface area contributed by atoms with Crippen molar-refractivity contribution in [3.8, 4) is 17.6 Å². The molecule has 0 unspecified atom stereocenters. The molecule has 0 aliphatic carbocycles. The van der Waals surface area contributed by atoms with Crippen molar-refractivity contribution in [2.45, 2.75) is 13.3 Å². The number of carboxylic acids is 1. The van der Waals surface area contributed by atoms with Crippen molar-refractivity contribution in [3.05, 3.63) is 29.3 Å². The molecule has 0 radical (unpaired) electrons. The van der Waals surface area contributed by atoms with Gasteiger partial charge in [0, 0.05) is 5.56 Å². The quantitative estimate of drug-likeness (QED) is 0.747. The molecule has 0 bridgehead atoms. The minimum absolute atomic E-state index is 0.133. The van der Waals surface area contributed by atoms with E-state index in [0.29, 0.717) is 0 Å². The zero-order chi connectivity index (χ0) is 11.3. The Balaban J connectivity index is 2.85. The van der Waals surface area contributed by atoms with Gasteiger partial charge in [0.1, 0.15) is 12.2 Å². The first-order valence-electron chi connectivity index (χ1n) is 4.49. The number of methoxy groups -OCH3 is 1. The third-order valence-corrected chi connectivity index (χ3v) is 1.90. The fourth-order valence-electron chi connectivity index (χ4n) is 1.12. The number of hydrogen-bond donors (Lipinski definition) is 1. The van der Waals surface area contributed by atoms with Crippen LogP contribution in [0.1, 0.15) is 17.5 Å². The van der Waals surface area contributed by atoms with Crippen molar-refractivity contribution in [2.75, 3.05) is 7.11 Å². The molecule has 1 rings (SSSR count). The Morgan fingerprint density at radius 1 is 1.53 bits per heavy atom. The predicted molar refractivity (Wildman–Crippen MR) is 56.9 cm³/mol. The van der Waals surface area contributed by atoms with E-state index in [1.165, 1.54) is 0 Å². The molecule has 3 nitrogen and oxygen atoms in total. The summed E-state index contributed by atoms with van der Waals surface area (Å²) in [5, 5.41) is 8.42. The fraction of sp³-hybridized carbons (Fsp3) is 0.250. The van der Waals surface area contributed by atoms with Gasteiger partial charge < -0.3 is 9.84 Å². The molecule has 1 aromatic rings. The van der Waals surface area contributed by atoms with Crippen LogP contribution in [-0.2, 0) is 4.79 Å². The van der Waals surface area contributed by atoms with E-state index in [2.05, 4.69) is 11.8 Å². The van der Waals surface area contributed by atoms with Gasteiger partial charge in [-0.05, 0) is 30.7 Å². The van der Waals surface area contributed by atoms with Gasteiger partial charge in [0.15, 0.2) is 0 Å². The molecule has 1 aromatic carbocycles. The van der Waals surface area contributed by atoms with Gasteiger partial charge in [0.2, 0.25) is 0 Å². The average molecular weight is 204 g/mol. The van der Waals surface area contributed by atoms with Crippen LogP contribution in [0.25, 0.3) is 0 Å². The molecule has 0 aliphatic rings. The molecule has 0 aliphatic heterocycles. The maximum atomic E-state index is 10.3. The van der Waals surface area contributed by atoms with Crippen molar-refractivity contribution in [3.63, 3.8) is 0 Å². The Hall–Kier alpha value is -1.95. The molecule has 0 amide bonds. The summed E-state index contributed by atoms with van der Waals surface area (Å²) in [6.45, 7) is 1.91. The lowest BCUT2D eigenvalue weighted by molar-refractivity contribution is -0.135. The molecule has 1 N–H and O–H groups in total. The molecule has 15 heavy (non-hydrogen) atoms. The van der Waals surface area contributed by atoms with E-state index < -0.39 is 5.97 Å². The molecule has 0 saturated carbocycles. The Bertz CT molecular complexity index is 424. The van der Waals surface area contributed by atoms with E-state index in [0.717, 1.165) is 16.9 Å². The first kappa shape index (κ1) is 11.1. The highest BCUT2D eigenvalue weighted by Crippen LogP contribution is 2.15. The third-order valence-electron chi connectivity index (χ3n) is 1.90. The molecule has 0 heterocycles. The maximum Gasteiger partial charge on any atom is 0.315 e. The SMILES string of the molecule is COc1ccc(C#CCC(=O)O)c(C)c1. The fourth-order valence-corrected chi connectivity index (χ4v) is 1.12. The molecule has 0 fully saturated rings. The maximum absolute atomic E-state index is 10.3. The molecule has 0 atom stereocenters. The largest absolute Gasteiger partial charge is 0.497 e. The second kappa shape index (κ2) is 5.06. The molecule has 0 spiro atoms. The van der Waals surface area contributed by atoms with Crippen molar-refractivity contribution in [2.24, 2.45) is 0 Å². The third kappa shape index (κ3) is 3.35. The molecule has 0 aromatic heterocycles. The summed E-state index contributed by atoms with van der Waals surface area (Å²) < 4.78 is 5.05. The highest BCUT2D eigenvalue weighted by Gasteiger charge is 1.97. The van der Waals surface area contributed by atoms with E-state index in [1.54, 1.807) is 13.2 Å². The van der Waals surface area contributed by atoms with Crippen LogP contribution in [0.3, 0.4) is 0 Å². The molecular weight excluding hydrogens is 192 g/mol. The van der Waals surface area contributed by atoms with Gasteiger partial charge >= 0.3 is 5.97 Å². The van der Waals surface area contributed by atoms with Crippen molar-refractivity contribution < 1.29 is 14.6 Å². The zero-order valence-corrected chi connectivity index (χ0v) is 8.70. The smallest absolute Gasteiger partial charge is 0.315 e. The Morgan fingerprint density at radius 2 is 2.27 bits per heavy atom. The van der Waals surface area contributed by atoms with Crippen LogP contribution in [-0.4, -0.2) is 18.2 Å². The average Bonchev–Trinajstić information content (AvgIpc) is 2.20. The van der Waals surface area contributed by atoms with Crippen LogP contribution in [0.4, 0.5) is 0 Å². The van der Waals surface area contributed by atoms with Gasteiger partial charge in [-0.25, -0.2) is 0 Å². The summed E-state index contributed by atoms with van der Waals surface area (Å²) in [7, 11) is 1.60. The Labute approximate surface area is 88.7 Å². The minimum atomic E-state index is -0.909. The summed E-state index contributed by atoms with van der Waals surface area (Å²) >= 11 is 0. The molecule has 78 valence electrons. The lowest BCUT2D eigenvalue weighted by Crippen LogP contribution is -1.91. The van der Waals surface area contributed by atoms with E-state index in [-0.39, 0.29) is 6.42 Å². The van der Waals surface area contributed by atoms with Crippen LogP contribution in [0.5, 0.6) is 5.75 Å². The second-order valence-electron chi connectivity index (χ2n) is 3.05. The van der Waals surface area contributed by atoms with Gasteiger partial charge in [-0.3, -0.25) is 4.79 Å². The van der Waals surface area contributed by atoms with Crippen LogP contribution in [0.15, 0.2) is 18.2 Å². The van der Waals surface area contributed by atoms with Crippen LogP contribution >= 0.6 is 0 Å². The van der Waals surface area contributed by atoms with E-state index in [4.69, 9.17) is 9.84 Å². The van der Waals surface area contributed by atoms with E-state index in [1.807, 2.05) is 19.1 Å². The van der Waals surface area contributed by atoms with Crippen LogP contribution in [0.2, 0.25) is 0 Å². The molecular formula is C12H12O3. The molecule has 3 heteroatoms. The van der Waals surface area contributed by atoms with Gasteiger partial charge in [0.05, 0.1) is 7.11 Å². The summed E-state index contributed by atoms with van der Waals surface area (Å²) in [5.41, 5.74) is 1.81. The number of benzene rings is 1. The number of rotatable bonds is 2. The van der Waals surface area contributed by atoms with E-state index in [9.17, 15) is 4.79 Å². The van der Waals surface area contributed by atoms with Gasteiger partial charge in [-0.1, -0.05) is 11.8 Å². The summed E-state index contributed by atoms with van der Waals surface area (Å²) in [6, 6.07) is 5.49. The summed E-state index contributed by atoms with van der Waals surface area (Å²) in [4.78, 5) is 10.3. The minimum Gasteiger partial charge on any atom is -0.497 e.